The van der Waals surface area contributed by atoms with E-state index in [0.29, 0.717) is 15.7 Å². The van der Waals surface area contributed by atoms with Gasteiger partial charge in [-0.1, -0.05) is 29.3 Å². The number of rotatable bonds is 4. The second kappa shape index (κ2) is 7.38. The van der Waals surface area contributed by atoms with Crippen LogP contribution in [0.1, 0.15) is 16.1 Å². The average molecular weight is 375 g/mol. The van der Waals surface area contributed by atoms with Crippen molar-refractivity contribution in [1.82, 2.24) is 15.6 Å². The standard InChI is InChI=1S/C17H12Cl2N4O2/c18-13-6-3-11(7-14(13)19)15-8-16(22-21-15)17(25)23-20-9-10-1-4-12(24)5-2-10/h1-9,24H,(H,21,22)(H,23,25)/b20-9-. The highest BCUT2D eigenvalue weighted by atomic mass is 35.5. The molecule has 1 amide bonds. The van der Waals surface area contributed by atoms with Crippen molar-refractivity contribution in [2.24, 2.45) is 5.10 Å². The Balaban J connectivity index is 1.68. The van der Waals surface area contributed by atoms with Crippen LogP contribution in [0.4, 0.5) is 0 Å². The molecule has 25 heavy (non-hydrogen) atoms. The van der Waals surface area contributed by atoms with E-state index in [9.17, 15) is 9.90 Å². The highest BCUT2D eigenvalue weighted by Gasteiger charge is 2.11. The van der Waals surface area contributed by atoms with Crippen molar-refractivity contribution in [3.8, 4) is 17.0 Å². The highest BCUT2D eigenvalue weighted by Crippen LogP contribution is 2.27. The van der Waals surface area contributed by atoms with Crippen LogP contribution in [-0.4, -0.2) is 27.4 Å². The van der Waals surface area contributed by atoms with Gasteiger partial charge in [0.15, 0.2) is 0 Å². The zero-order valence-corrected chi connectivity index (χ0v) is 14.2. The van der Waals surface area contributed by atoms with Crippen molar-refractivity contribution in [3.63, 3.8) is 0 Å². The van der Waals surface area contributed by atoms with Crippen molar-refractivity contribution in [1.29, 1.82) is 0 Å². The van der Waals surface area contributed by atoms with Crippen molar-refractivity contribution < 1.29 is 9.90 Å². The number of phenols is 1. The molecule has 8 heteroatoms. The first-order chi connectivity index (χ1) is 12.0. The van der Waals surface area contributed by atoms with Crippen LogP contribution >= 0.6 is 23.2 Å². The third-order valence-electron chi connectivity index (χ3n) is 3.31. The second-order valence-electron chi connectivity index (χ2n) is 5.09. The molecule has 0 atom stereocenters. The molecule has 0 bridgehead atoms. The van der Waals surface area contributed by atoms with E-state index in [1.807, 2.05) is 0 Å². The van der Waals surface area contributed by atoms with E-state index in [4.69, 9.17) is 23.2 Å². The molecular formula is C17H12Cl2N4O2. The molecular weight excluding hydrogens is 363 g/mol. The molecule has 0 saturated heterocycles. The maximum atomic E-state index is 12.1. The normalized spacial score (nSPS) is 11.0. The van der Waals surface area contributed by atoms with E-state index in [1.54, 1.807) is 36.4 Å². The topological polar surface area (TPSA) is 90.4 Å². The quantitative estimate of drug-likeness (QED) is 0.478. The molecule has 6 nitrogen and oxygen atoms in total. The number of nitrogens with zero attached hydrogens (tertiary/aromatic N) is 2. The summed E-state index contributed by atoms with van der Waals surface area (Å²) in [6.45, 7) is 0. The molecule has 1 heterocycles. The molecule has 0 unspecified atom stereocenters. The molecule has 126 valence electrons. The maximum absolute atomic E-state index is 12.1. The molecule has 3 rings (SSSR count). The van der Waals surface area contributed by atoms with Gasteiger partial charge < -0.3 is 5.11 Å². The Hall–Kier alpha value is -2.83. The molecule has 3 aromatic rings. The van der Waals surface area contributed by atoms with Gasteiger partial charge in [0.1, 0.15) is 11.4 Å². The molecule has 2 aromatic carbocycles. The van der Waals surface area contributed by atoms with Gasteiger partial charge in [-0.05, 0) is 48.0 Å². The average Bonchev–Trinajstić information content (AvgIpc) is 3.09. The van der Waals surface area contributed by atoms with Crippen molar-refractivity contribution in [3.05, 3.63) is 69.8 Å². The predicted molar refractivity (Wildman–Crippen MR) is 97.2 cm³/mol. The Morgan fingerprint density at radius 3 is 2.60 bits per heavy atom. The van der Waals surface area contributed by atoms with E-state index in [1.165, 1.54) is 18.3 Å². The van der Waals surface area contributed by atoms with E-state index in [0.717, 1.165) is 11.1 Å². The number of aromatic hydroxyl groups is 1. The summed E-state index contributed by atoms with van der Waals surface area (Å²) in [6, 6.07) is 13.1. The number of nitrogens with one attached hydrogen (secondary N) is 2. The van der Waals surface area contributed by atoms with Crippen LogP contribution in [0.2, 0.25) is 10.0 Å². The van der Waals surface area contributed by atoms with Gasteiger partial charge in [0, 0.05) is 5.56 Å². The molecule has 3 N–H and O–H groups in total. The van der Waals surface area contributed by atoms with E-state index >= 15 is 0 Å². The number of H-pyrrole nitrogens is 1. The number of amides is 1. The predicted octanol–water partition coefficient (Wildman–Crippen LogP) is 3.85. The molecule has 0 aliphatic carbocycles. The molecule has 0 fully saturated rings. The Labute approximate surface area is 153 Å². The van der Waals surface area contributed by atoms with Crippen LogP contribution in [0.15, 0.2) is 53.6 Å². The Bertz CT molecular complexity index is 936. The number of hydrogen-bond donors (Lipinski definition) is 3. The number of carbonyl (C=O) groups is 1. The van der Waals surface area contributed by atoms with Crippen molar-refractivity contribution in [2.45, 2.75) is 0 Å². The summed E-state index contributed by atoms with van der Waals surface area (Å²) in [7, 11) is 0. The minimum atomic E-state index is -0.436. The highest BCUT2D eigenvalue weighted by molar-refractivity contribution is 6.42. The summed E-state index contributed by atoms with van der Waals surface area (Å²) in [5, 5.41) is 20.7. The van der Waals surface area contributed by atoms with E-state index in [2.05, 4.69) is 20.7 Å². The lowest BCUT2D eigenvalue weighted by molar-refractivity contribution is 0.0950. The lowest BCUT2D eigenvalue weighted by atomic mass is 10.1. The van der Waals surface area contributed by atoms with Crippen LogP contribution in [0.3, 0.4) is 0 Å². The summed E-state index contributed by atoms with van der Waals surface area (Å²) in [5.74, 6) is -0.276. The van der Waals surface area contributed by atoms with Crippen LogP contribution in [0.25, 0.3) is 11.3 Å². The van der Waals surface area contributed by atoms with E-state index < -0.39 is 5.91 Å². The first-order valence-corrected chi connectivity index (χ1v) is 7.92. The summed E-state index contributed by atoms with van der Waals surface area (Å²) in [5.41, 5.74) is 4.68. The summed E-state index contributed by atoms with van der Waals surface area (Å²) in [4.78, 5) is 12.1. The van der Waals surface area contributed by atoms with Crippen molar-refractivity contribution >= 4 is 35.3 Å². The molecule has 0 aliphatic heterocycles. The Morgan fingerprint density at radius 2 is 1.88 bits per heavy atom. The van der Waals surface area contributed by atoms with Gasteiger partial charge in [0.05, 0.1) is 22.0 Å². The van der Waals surface area contributed by atoms with Crippen LogP contribution < -0.4 is 5.43 Å². The molecule has 0 aliphatic rings. The fourth-order valence-electron chi connectivity index (χ4n) is 2.03. The van der Waals surface area contributed by atoms with E-state index in [-0.39, 0.29) is 11.4 Å². The van der Waals surface area contributed by atoms with Crippen molar-refractivity contribution in [2.75, 3.05) is 0 Å². The minimum Gasteiger partial charge on any atom is -0.508 e. The zero-order chi connectivity index (χ0) is 17.8. The van der Waals surface area contributed by atoms with Crippen LogP contribution in [0.5, 0.6) is 5.75 Å². The van der Waals surface area contributed by atoms with Gasteiger partial charge in [-0.25, -0.2) is 5.43 Å². The maximum Gasteiger partial charge on any atom is 0.289 e. The number of hydrazone groups is 1. The molecule has 0 spiro atoms. The van der Waals surface area contributed by atoms with Gasteiger partial charge in [0.25, 0.3) is 5.91 Å². The first kappa shape index (κ1) is 17.0. The fourth-order valence-corrected chi connectivity index (χ4v) is 2.33. The van der Waals surface area contributed by atoms with Gasteiger partial charge in [-0.15, -0.1) is 0 Å². The lowest BCUT2D eigenvalue weighted by Gasteiger charge is -1.99. The lowest BCUT2D eigenvalue weighted by Crippen LogP contribution is -2.17. The van der Waals surface area contributed by atoms with Crippen LogP contribution in [0, 0.1) is 0 Å². The third kappa shape index (κ3) is 4.17. The summed E-state index contributed by atoms with van der Waals surface area (Å²) < 4.78 is 0. The molecule has 1 aromatic heterocycles. The number of aromatic nitrogens is 2. The Kier molecular flexibility index (Phi) is 5.02. The van der Waals surface area contributed by atoms with Gasteiger partial charge in [-0.2, -0.15) is 10.2 Å². The second-order valence-corrected chi connectivity index (χ2v) is 5.90. The van der Waals surface area contributed by atoms with Crippen LogP contribution in [-0.2, 0) is 0 Å². The van der Waals surface area contributed by atoms with Gasteiger partial charge in [-0.3, -0.25) is 9.89 Å². The monoisotopic (exact) mass is 374 g/mol. The number of hydrogen-bond acceptors (Lipinski definition) is 4. The zero-order valence-electron chi connectivity index (χ0n) is 12.7. The third-order valence-corrected chi connectivity index (χ3v) is 4.05. The minimum absolute atomic E-state index is 0.161. The van der Waals surface area contributed by atoms with Gasteiger partial charge in [0.2, 0.25) is 0 Å². The number of carbonyl (C=O) groups excluding carboxylic acids is 1. The molecule has 0 radical (unpaired) electrons. The first-order valence-electron chi connectivity index (χ1n) is 7.16. The Morgan fingerprint density at radius 1 is 1.12 bits per heavy atom. The number of phenolic OH excluding ortho intramolecular Hbond substituents is 1. The summed E-state index contributed by atoms with van der Waals surface area (Å²) in [6.07, 6.45) is 1.47. The molecule has 0 saturated carbocycles. The smallest absolute Gasteiger partial charge is 0.289 e. The fraction of sp³-hybridized carbons (Fsp3) is 0. The SMILES string of the molecule is O=C(N/N=C\c1ccc(O)cc1)c1cc(-c2ccc(Cl)c(Cl)c2)n[nH]1. The van der Waals surface area contributed by atoms with Gasteiger partial charge >= 0.3 is 0 Å². The largest absolute Gasteiger partial charge is 0.508 e. The summed E-state index contributed by atoms with van der Waals surface area (Å²) >= 11 is 11.9. The number of benzene rings is 2. The number of aromatic amines is 1. The number of halogens is 2.